The monoisotopic (exact) mass is 210 g/mol. The van der Waals surface area contributed by atoms with Crippen LogP contribution in [0.25, 0.3) is 0 Å². The molecule has 0 nitrogen and oxygen atoms in total. The molecule has 0 aliphatic heterocycles. The minimum Gasteiger partial charge on any atom is -0.0883 e. The third-order valence-electron chi connectivity index (χ3n) is 2.67. The quantitative estimate of drug-likeness (QED) is 0.344. The Morgan fingerprint density at radius 2 is 1.40 bits per heavy atom. The lowest BCUT2D eigenvalue weighted by Crippen LogP contribution is -1.87. The smallest absolute Gasteiger partial charge is 0.0290 e. The second-order valence-corrected chi connectivity index (χ2v) is 5.41. The molecule has 0 aromatic heterocycles. The Morgan fingerprint density at radius 1 is 0.800 bits per heavy atom. The minimum absolute atomic E-state index is 0.719. The lowest BCUT2D eigenvalue weighted by Gasteiger charge is -2.03. The van der Waals surface area contributed by atoms with Crippen LogP contribution in [0.5, 0.6) is 0 Å². The average Bonchev–Trinajstić information content (AvgIpc) is 2.14. The molecule has 90 valence electrons. The number of unbranched alkanes of at least 4 members (excludes halogenated alkanes) is 5. The van der Waals surface area contributed by atoms with Crippen molar-refractivity contribution in [1.82, 2.24) is 0 Å². The maximum absolute atomic E-state index is 2.35. The van der Waals surface area contributed by atoms with Gasteiger partial charge in [0.25, 0.3) is 0 Å². The lowest BCUT2D eigenvalue weighted by atomic mass is 10.0. The Hall–Kier alpha value is -0.260. The van der Waals surface area contributed by atoms with Gasteiger partial charge in [-0.3, -0.25) is 0 Å². The molecule has 0 N–H and O–H groups in total. The number of hydrogen-bond donors (Lipinski definition) is 0. The Kier molecular flexibility index (Phi) is 10.1. The molecule has 0 heteroatoms. The largest absolute Gasteiger partial charge is 0.0883 e. The van der Waals surface area contributed by atoms with Crippen molar-refractivity contribution in [2.45, 2.75) is 72.6 Å². The first-order valence-electron chi connectivity index (χ1n) is 6.79. The van der Waals surface area contributed by atoms with Crippen LogP contribution < -0.4 is 0 Å². The van der Waals surface area contributed by atoms with Crippen LogP contribution in [0, 0.1) is 11.8 Å². The summed E-state index contributed by atoms with van der Waals surface area (Å²) in [7, 11) is 0. The van der Waals surface area contributed by atoms with Crippen LogP contribution in [-0.2, 0) is 0 Å². The van der Waals surface area contributed by atoms with Gasteiger partial charge in [-0.2, -0.15) is 0 Å². The summed E-state index contributed by atoms with van der Waals surface area (Å²) in [6.45, 7) is 9.11. The van der Waals surface area contributed by atoms with Gasteiger partial charge in [0.15, 0.2) is 0 Å². The van der Waals surface area contributed by atoms with Gasteiger partial charge in [0.05, 0.1) is 0 Å². The number of rotatable bonds is 9. The van der Waals surface area contributed by atoms with E-state index in [1.165, 1.54) is 44.9 Å². The van der Waals surface area contributed by atoms with Gasteiger partial charge < -0.3 is 0 Å². The highest BCUT2D eigenvalue weighted by Gasteiger charge is 1.94. The highest BCUT2D eigenvalue weighted by Crippen LogP contribution is 2.11. The van der Waals surface area contributed by atoms with E-state index in [0.717, 1.165) is 11.8 Å². The summed E-state index contributed by atoms with van der Waals surface area (Å²) in [5.41, 5.74) is 0. The SMILES string of the molecule is CC(C)/C=C\CCCCCCCC(C)C. The van der Waals surface area contributed by atoms with Gasteiger partial charge in [-0.15, -0.1) is 0 Å². The molecule has 0 heterocycles. The molecule has 0 atom stereocenters. The van der Waals surface area contributed by atoms with Crippen LogP contribution in [0.1, 0.15) is 72.6 Å². The van der Waals surface area contributed by atoms with E-state index < -0.39 is 0 Å². The molecule has 0 bridgehead atoms. The predicted octanol–water partition coefficient (Wildman–Crippen LogP) is 5.59. The fraction of sp³-hybridized carbons (Fsp3) is 0.867. The topological polar surface area (TPSA) is 0 Å². The molecule has 0 aliphatic rings. The van der Waals surface area contributed by atoms with E-state index >= 15 is 0 Å². The molecule has 0 unspecified atom stereocenters. The van der Waals surface area contributed by atoms with Gasteiger partial charge in [-0.05, 0) is 24.7 Å². The molecule has 0 saturated carbocycles. The fourth-order valence-corrected chi connectivity index (χ4v) is 1.71. The summed E-state index contributed by atoms with van der Waals surface area (Å²) >= 11 is 0. The molecule has 0 radical (unpaired) electrons. The fourth-order valence-electron chi connectivity index (χ4n) is 1.71. The van der Waals surface area contributed by atoms with Crippen LogP contribution in [0.15, 0.2) is 12.2 Å². The Labute approximate surface area is 97.2 Å². The van der Waals surface area contributed by atoms with Crippen molar-refractivity contribution in [3.05, 3.63) is 12.2 Å². The van der Waals surface area contributed by atoms with Crippen LogP contribution in [0.4, 0.5) is 0 Å². The molecule has 0 saturated heterocycles. The van der Waals surface area contributed by atoms with Crippen LogP contribution in [-0.4, -0.2) is 0 Å². The highest BCUT2D eigenvalue weighted by atomic mass is 14.0. The van der Waals surface area contributed by atoms with Crippen molar-refractivity contribution in [3.8, 4) is 0 Å². The Morgan fingerprint density at radius 3 is 2.00 bits per heavy atom. The third-order valence-corrected chi connectivity index (χ3v) is 2.67. The summed E-state index contributed by atoms with van der Waals surface area (Å²) in [5, 5.41) is 0. The zero-order valence-electron chi connectivity index (χ0n) is 11.3. The van der Waals surface area contributed by atoms with E-state index in [4.69, 9.17) is 0 Å². The maximum Gasteiger partial charge on any atom is -0.0290 e. The van der Waals surface area contributed by atoms with E-state index in [9.17, 15) is 0 Å². The zero-order chi connectivity index (χ0) is 11.5. The Bertz CT molecular complexity index is 142. The third kappa shape index (κ3) is 13.7. The summed E-state index contributed by atoms with van der Waals surface area (Å²) < 4.78 is 0. The predicted molar refractivity (Wildman–Crippen MR) is 71.1 cm³/mol. The van der Waals surface area contributed by atoms with Crippen molar-refractivity contribution in [3.63, 3.8) is 0 Å². The van der Waals surface area contributed by atoms with E-state index in [1.807, 2.05) is 0 Å². The van der Waals surface area contributed by atoms with Crippen molar-refractivity contribution in [1.29, 1.82) is 0 Å². The first-order chi connectivity index (χ1) is 7.13. The van der Waals surface area contributed by atoms with Gasteiger partial charge in [0.1, 0.15) is 0 Å². The molecule has 0 spiro atoms. The zero-order valence-corrected chi connectivity index (χ0v) is 11.3. The van der Waals surface area contributed by atoms with Crippen LogP contribution in [0.2, 0.25) is 0 Å². The summed E-state index contributed by atoms with van der Waals surface area (Å²) in [6.07, 6.45) is 14.5. The molecular formula is C15H30. The van der Waals surface area contributed by atoms with Gasteiger partial charge in [0.2, 0.25) is 0 Å². The Balaban J connectivity index is 3.05. The van der Waals surface area contributed by atoms with Crippen molar-refractivity contribution >= 4 is 0 Å². The average molecular weight is 210 g/mol. The number of hydrogen-bond acceptors (Lipinski definition) is 0. The van der Waals surface area contributed by atoms with E-state index in [0.29, 0.717) is 0 Å². The van der Waals surface area contributed by atoms with Crippen LogP contribution >= 0.6 is 0 Å². The van der Waals surface area contributed by atoms with Gasteiger partial charge >= 0.3 is 0 Å². The van der Waals surface area contributed by atoms with Gasteiger partial charge in [0, 0.05) is 0 Å². The second kappa shape index (κ2) is 10.3. The molecule has 0 aliphatic carbocycles. The lowest BCUT2D eigenvalue weighted by molar-refractivity contribution is 0.516. The van der Waals surface area contributed by atoms with Crippen molar-refractivity contribution in [2.24, 2.45) is 11.8 Å². The van der Waals surface area contributed by atoms with E-state index in [1.54, 1.807) is 0 Å². The molecule has 0 rings (SSSR count). The summed E-state index contributed by atoms with van der Waals surface area (Å²) in [5.74, 6) is 1.61. The maximum atomic E-state index is 2.35. The van der Waals surface area contributed by atoms with E-state index in [-0.39, 0.29) is 0 Å². The highest BCUT2D eigenvalue weighted by molar-refractivity contribution is 4.83. The molecule has 15 heavy (non-hydrogen) atoms. The van der Waals surface area contributed by atoms with Crippen molar-refractivity contribution in [2.75, 3.05) is 0 Å². The first-order valence-corrected chi connectivity index (χ1v) is 6.79. The standard InChI is InChI=1S/C15H30/c1-14(2)12-10-8-6-5-7-9-11-13-15(3)4/h10,12,14-15H,5-9,11,13H2,1-4H3/b12-10-. The molecule has 0 aromatic rings. The van der Waals surface area contributed by atoms with E-state index in [2.05, 4.69) is 39.8 Å². The normalized spacial score (nSPS) is 12.1. The van der Waals surface area contributed by atoms with Gasteiger partial charge in [-0.25, -0.2) is 0 Å². The minimum atomic E-state index is 0.719. The summed E-state index contributed by atoms with van der Waals surface area (Å²) in [6, 6.07) is 0. The number of allylic oxidation sites excluding steroid dienone is 2. The van der Waals surface area contributed by atoms with Crippen LogP contribution in [0.3, 0.4) is 0 Å². The molecule has 0 fully saturated rings. The van der Waals surface area contributed by atoms with Gasteiger partial charge in [-0.1, -0.05) is 72.0 Å². The summed E-state index contributed by atoms with van der Waals surface area (Å²) in [4.78, 5) is 0. The van der Waals surface area contributed by atoms with Crippen molar-refractivity contribution < 1.29 is 0 Å². The molecular weight excluding hydrogens is 180 g/mol. The molecule has 0 amide bonds. The molecule has 0 aromatic carbocycles. The first kappa shape index (κ1) is 14.7. The second-order valence-electron chi connectivity index (χ2n) is 5.41.